The van der Waals surface area contributed by atoms with E-state index in [-0.39, 0.29) is 0 Å². The standard InChI is InChI=1S/C17H25N3O2/c1-20-9-7-12(8-10-20)3-5-15-13-4-6-16(21-2)14(11-18)17(13)22-19-15/h4,6,12H,3,5,7-11,18H2,1-2H3. The topological polar surface area (TPSA) is 64.5 Å². The zero-order valence-corrected chi connectivity index (χ0v) is 13.5. The van der Waals surface area contributed by atoms with Crippen molar-refractivity contribution in [2.24, 2.45) is 11.7 Å². The molecule has 0 atom stereocenters. The Labute approximate surface area is 131 Å². The van der Waals surface area contributed by atoms with Crippen molar-refractivity contribution in [1.82, 2.24) is 10.1 Å². The van der Waals surface area contributed by atoms with E-state index in [0.717, 1.165) is 40.3 Å². The molecule has 5 nitrogen and oxygen atoms in total. The van der Waals surface area contributed by atoms with Crippen LogP contribution in [0.4, 0.5) is 0 Å². The molecule has 0 spiro atoms. The highest BCUT2D eigenvalue weighted by atomic mass is 16.5. The Morgan fingerprint density at radius 2 is 2.14 bits per heavy atom. The Bertz CT molecular complexity index is 630. The van der Waals surface area contributed by atoms with E-state index in [9.17, 15) is 0 Å². The largest absolute Gasteiger partial charge is 0.496 e. The number of nitrogens with zero attached hydrogens (tertiary/aromatic N) is 2. The fourth-order valence-electron chi connectivity index (χ4n) is 3.35. The summed E-state index contributed by atoms with van der Waals surface area (Å²) in [6.45, 7) is 2.81. The van der Waals surface area contributed by atoms with Crippen LogP contribution < -0.4 is 10.5 Å². The van der Waals surface area contributed by atoms with Gasteiger partial charge in [0.25, 0.3) is 0 Å². The van der Waals surface area contributed by atoms with Gasteiger partial charge in [0.1, 0.15) is 5.75 Å². The van der Waals surface area contributed by atoms with Crippen LogP contribution in [0.25, 0.3) is 11.0 Å². The van der Waals surface area contributed by atoms with E-state index in [2.05, 4.69) is 17.1 Å². The van der Waals surface area contributed by atoms with Crippen LogP contribution in [-0.2, 0) is 13.0 Å². The summed E-state index contributed by atoms with van der Waals surface area (Å²) in [7, 11) is 3.85. The highest BCUT2D eigenvalue weighted by molar-refractivity contribution is 5.84. The molecule has 0 amide bonds. The normalized spacial score (nSPS) is 17.2. The maximum Gasteiger partial charge on any atom is 0.175 e. The molecule has 5 heteroatoms. The van der Waals surface area contributed by atoms with Crippen molar-refractivity contribution in [2.45, 2.75) is 32.2 Å². The number of piperidine rings is 1. The first kappa shape index (κ1) is 15.3. The number of likely N-dealkylation sites (tertiary alicyclic amines) is 1. The zero-order chi connectivity index (χ0) is 15.5. The van der Waals surface area contributed by atoms with E-state index in [4.69, 9.17) is 15.0 Å². The van der Waals surface area contributed by atoms with E-state index >= 15 is 0 Å². The molecule has 0 saturated carbocycles. The highest BCUT2D eigenvalue weighted by Crippen LogP contribution is 2.31. The minimum absolute atomic E-state index is 0.393. The Kier molecular flexibility index (Phi) is 4.64. The number of benzene rings is 1. The first-order valence-corrected chi connectivity index (χ1v) is 8.05. The van der Waals surface area contributed by atoms with Gasteiger partial charge in [0.15, 0.2) is 5.58 Å². The van der Waals surface area contributed by atoms with Gasteiger partial charge in [-0.25, -0.2) is 0 Å². The molecular weight excluding hydrogens is 278 g/mol. The molecule has 1 fully saturated rings. The lowest BCUT2D eigenvalue weighted by Crippen LogP contribution is -2.30. The lowest BCUT2D eigenvalue weighted by atomic mass is 9.91. The summed E-state index contributed by atoms with van der Waals surface area (Å²) in [5.41, 5.74) is 8.56. The van der Waals surface area contributed by atoms with Crippen LogP contribution >= 0.6 is 0 Å². The number of ether oxygens (including phenoxy) is 1. The van der Waals surface area contributed by atoms with Crippen molar-refractivity contribution < 1.29 is 9.26 Å². The Hall–Kier alpha value is -1.59. The third-order valence-corrected chi connectivity index (χ3v) is 4.83. The Morgan fingerprint density at radius 3 is 2.82 bits per heavy atom. The van der Waals surface area contributed by atoms with Crippen molar-refractivity contribution in [3.05, 3.63) is 23.4 Å². The molecule has 0 radical (unpaired) electrons. The molecule has 0 aliphatic carbocycles. The number of aromatic nitrogens is 1. The minimum Gasteiger partial charge on any atom is -0.496 e. The molecule has 1 aliphatic rings. The monoisotopic (exact) mass is 303 g/mol. The van der Waals surface area contributed by atoms with Crippen LogP contribution in [0, 0.1) is 5.92 Å². The lowest BCUT2D eigenvalue weighted by Gasteiger charge is -2.28. The summed E-state index contributed by atoms with van der Waals surface area (Å²) in [6, 6.07) is 3.99. The van der Waals surface area contributed by atoms with Crippen LogP contribution in [0.1, 0.15) is 30.5 Å². The summed E-state index contributed by atoms with van der Waals surface area (Å²) in [4.78, 5) is 2.40. The maximum absolute atomic E-state index is 5.83. The molecule has 2 N–H and O–H groups in total. The summed E-state index contributed by atoms with van der Waals surface area (Å²) < 4.78 is 10.9. The Morgan fingerprint density at radius 1 is 1.36 bits per heavy atom. The number of hydrogen-bond acceptors (Lipinski definition) is 5. The van der Waals surface area contributed by atoms with Crippen LogP contribution in [0.5, 0.6) is 5.75 Å². The number of rotatable bonds is 5. The van der Waals surface area contributed by atoms with E-state index in [1.54, 1.807) is 7.11 Å². The number of fused-ring (bicyclic) bond motifs is 1. The number of methoxy groups -OCH3 is 1. The summed E-state index contributed by atoms with van der Waals surface area (Å²) >= 11 is 0. The third-order valence-electron chi connectivity index (χ3n) is 4.83. The smallest absolute Gasteiger partial charge is 0.175 e. The number of aryl methyl sites for hydroxylation is 1. The van der Waals surface area contributed by atoms with Crippen LogP contribution in [0.15, 0.2) is 16.7 Å². The molecule has 0 unspecified atom stereocenters. The van der Waals surface area contributed by atoms with Gasteiger partial charge in [-0.3, -0.25) is 0 Å². The zero-order valence-electron chi connectivity index (χ0n) is 13.5. The van der Waals surface area contributed by atoms with Gasteiger partial charge < -0.3 is 19.9 Å². The molecule has 2 aromatic rings. The van der Waals surface area contributed by atoms with Gasteiger partial charge in [-0.2, -0.15) is 0 Å². The number of nitrogens with two attached hydrogens (primary N) is 1. The second-order valence-corrected chi connectivity index (χ2v) is 6.24. The van der Waals surface area contributed by atoms with Gasteiger partial charge in [-0.15, -0.1) is 0 Å². The molecular formula is C17H25N3O2. The van der Waals surface area contributed by atoms with Gasteiger partial charge in [-0.1, -0.05) is 5.16 Å². The van der Waals surface area contributed by atoms with Gasteiger partial charge in [0, 0.05) is 11.9 Å². The van der Waals surface area contributed by atoms with E-state index in [0.29, 0.717) is 6.54 Å². The van der Waals surface area contributed by atoms with Crippen molar-refractivity contribution in [3.63, 3.8) is 0 Å². The molecule has 1 aromatic heterocycles. The van der Waals surface area contributed by atoms with Crippen molar-refractivity contribution in [3.8, 4) is 5.75 Å². The summed E-state index contributed by atoms with van der Waals surface area (Å²) in [5.74, 6) is 1.57. The van der Waals surface area contributed by atoms with Gasteiger partial charge >= 0.3 is 0 Å². The fourth-order valence-corrected chi connectivity index (χ4v) is 3.35. The summed E-state index contributed by atoms with van der Waals surface area (Å²) in [5, 5.41) is 5.36. The average molecular weight is 303 g/mol. The first-order valence-electron chi connectivity index (χ1n) is 8.05. The minimum atomic E-state index is 0.393. The second-order valence-electron chi connectivity index (χ2n) is 6.24. The highest BCUT2D eigenvalue weighted by Gasteiger charge is 2.19. The Balaban J connectivity index is 1.75. The van der Waals surface area contributed by atoms with Gasteiger partial charge in [0.05, 0.1) is 18.4 Å². The summed E-state index contributed by atoms with van der Waals surface area (Å²) in [6.07, 6.45) is 4.72. The molecule has 120 valence electrons. The molecule has 22 heavy (non-hydrogen) atoms. The molecule has 1 aromatic carbocycles. The van der Waals surface area contributed by atoms with E-state index in [1.165, 1.54) is 32.4 Å². The lowest BCUT2D eigenvalue weighted by molar-refractivity contribution is 0.212. The molecule has 1 aliphatic heterocycles. The van der Waals surface area contributed by atoms with E-state index in [1.807, 2.05) is 12.1 Å². The third kappa shape index (κ3) is 2.96. The molecule has 1 saturated heterocycles. The first-order chi connectivity index (χ1) is 10.7. The SMILES string of the molecule is COc1ccc2c(CCC3CCN(C)CC3)noc2c1CN. The molecule has 0 bridgehead atoms. The molecule has 2 heterocycles. The quantitative estimate of drug-likeness (QED) is 0.919. The predicted molar refractivity (Wildman–Crippen MR) is 87.0 cm³/mol. The van der Waals surface area contributed by atoms with Crippen LogP contribution in [0.2, 0.25) is 0 Å². The van der Waals surface area contributed by atoms with Crippen LogP contribution in [-0.4, -0.2) is 37.3 Å². The number of hydrogen-bond donors (Lipinski definition) is 1. The van der Waals surface area contributed by atoms with Crippen LogP contribution in [0.3, 0.4) is 0 Å². The van der Waals surface area contributed by atoms with Gasteiger partial charge in [-0.05, 0) is 63.9 Å². The average Bonchev–Trinajstić information content (AvgIpc) is 2.96. The van der Waals surface area contributed by atoms with E-state index < -0.39 is 0 Å². The van der Waals surface area contributed by atoms with Crippen molar-refractivity contribution in [1.29, 1.82) is 0 Å². The second kappa shape index (κ2) is 6.67. The van der Waals surface area contributed by atoms with Gasteiger partial charge in [0.2, 0.25) is 0 Å². The molecule has 3 rings (SSSR count). The van der Waals surface area contributed by atoms with Crippen molar-refractivity contribution in [2.75, 3.05) is 27.2 Å². The maximum atomic E-state index is 5.83. The predicted octanol–water partition coefficient (Wildman–Crippen LogP) is 2.57. The fraction of sp³-hybridized carbons (Fsp3) is 0.588. The van der Waals surface area contributed by atoms with Crippen molar-refractivity contribution >= 4 is 11.0 Å².